The highest BCUT2D eigenvalue weighted by atomic mass is 16.4. The van der Waals surface area contributed by atoms with E-state index in [1.54, 1.807) is 11.8 Å². The molecule has 1 aliphatic rings. The second-order valence-corrected chi connectivity index (χ2v) is 5.72. The van der Waals surface area contributed by atoms with Crippen LogP contribution in [-0.4, -0.2) is 46.9 Å². The molecule has 6 heteroatoms. The maximum absolute atomic E-state index is 12.2. The van der Waals surface area contributed by atoms with Gasteiger partial charge in [-0.05, 0) is 25.7 Å². The van der Waals surface area contributed by atoms with E-state index in [9.17, 15) is 14.4 Å². The number of nitrogens with zero attached hydrogens (tertiary/aromatic N) is 1. The van der Waals surface area contributed by atoms with Crippen LogP contribution in [0.5, 0.6) is 0 Å². The highest BCUT2D eigenvalue weighted by molar-refractivity contribution is 5.80. The number of nitrogens with one attached hydrogen (secondary N) is 1. The van der Waals surface area contributed by atoms with Crippen LogP contribution in [0.25, 0.3) is 0 Å². The fraction of sp³-hybridized carbons (Fsp3) is 0.800. The lowest BCUT2D eigenvalue weighted by atomic mass is 10.1. The number of hydrogen-bond donors (Lipinski definition) is 2. The zero-order valence-electron chi connectivity index (χ0n) is 12.9. The molecule has 0 aromatic carbocycles. The quantitative estimate of drug-likeness (QED) is 0.638. The largest absolute Gasteiger partial charge is 0.481 e. The number of carbonyl (C=O) groups excluding carboxylic acids is 2. The summed E-state index contributed by atoms with van der Waals surface area (Å²) in [6.07, 6.45) is 3.97. The fourth-order valence-electron chi connectivity index (χ4n) is 2.11. The topological polar surface area (TPSA) is 86.7 Å². The molecule has 0 spiro atoms. The first-order valence-corrected chi connectivity index (χ1v) is 7.74. The van der Waals surface area contributed by atoms with Crippen molar-refractivity contribution in [1.82, 2.24) is 10.2 Å². The monoisotopic (exact) mass is 298 g/mol. The molecule has 0 aliphatic heterocycles. The average molecular weight is 298 g/mol. The molecule has 1 rings (SSSR count). The third-order valence-corrected chi connectivity index (χ3v) is 3.57. The van der Waals surface area contributed by atoms with Crippen molar-refractivity contribution in [3.05, 3.63) is 0 Å². The Bertz CT molecular complexity index is 380. The summed E-state index contributed by atoms with van der Waals surface area (Å²) in [4.78, 5) is 36.2. The number of rotatable bonds is 10. The van der Waals surface area contributed by atoms with Crippen molar-refractivity contribution in [3.8, 4) is 0 Å². The fourth-order valence-corrected chi connectivity index (χ4v) is 2.11. The third-order valence-electron chi connectivity index (χ3n) is 3.57. The van der Waals surface area contributed by atoms with E-state index >= 15 is 0 Å². The van der Waals surface area contributed by atoms with Gasteiger partial charge in [0.2, 0.25) is 11.8 Å². The summed E-state index contributed by atoms with van der Waals surface area (Å²) in [5.41, 5.74) is 0. The Morgan fingerprint density at radius 2 is 1.95 bits per heavy atom. The van der Waals surface area contributed by atoms with E-state index in [1.807, 2.05) is 6.92 Å². The predicted octanol–water partition coefficient (Wildman–Crippen LogP) is 1.39. The van der Waals surface area contributed by atoms with Crippen LogP contribution >= 0.6 is 0 Å². The van der Waals surface area contributed by atoms with Gasteiger partial charge in [-0.25, -0.2) is 0 Å². The molecule has 6 nitrogen and oxygen atoms in total. The Morgan fingerprint density at radius 1 is 1.29 bits per heavy atom. The molecule has 0 radical (unpaired) electrons. The Balaban J connectivity index is 2.33. The minimum absolute atomic E-state index is 0.0264. The average Bonchev–Trinajstić information content (AvgIpc) is 3.26. The van der Waals surface area contributed by atoms with Gasteiger partial charge in [-0.15, -0.1) is 0 Å². The van der Waals surface area contributed by atoms with Gasteiger partial charge in [0.1, 0.15) is 0 Å². The van der Waals surface area contributed by atoms with E-state index in [0.29, 0.717) is 25.8 Å². The summed E-state index contributed by atoms with van der Waals surface area (Å²) in [6.45, 7) is 4.53. The van der Waals surface area contributed by atoms with E-state index in [2.05, 4.69) is 5.32 Å². The van der Waals surface area contributed by atoms with Crippen LogP contribution in [0.2, 0.25) is 0 Å². The van der Waals surface area contributed by atoms with Crippen molar-refractivity contribution in [2.45, 2.75) is 58.4 Å². The first-order chi connectivity index (χ1) is 9.95. The van der Waals surface area contributed by atoms with Gasteiger partial charge in [0, 0.05) is 32.0 Å². The lowest BCUT2D eigenvalue weighted by Gasteiger charge is -2.24. The Morgan fingerprint density at radius 3 is 2.48 bits per heavy atom. The minimum atomic E-state index is -0.882. The summed E-state index contributed by atoms with van der Waals surface area (Å²) < 4.78 is 0. The lowest BCUT2D eigenvalue weighted by molar-refractivity contribution is -0.143. The maximum Gasteiger partial charge on any atom is 0.308 e. The SMILES string of the molecule is CCCNC(=O)CCCC(=O)N(CC(C)C(=O)O)C1CC1. The highest BCUT2D eigenvalue weighted by Gasteiger charge is 2.34. The lowest BCUT2D eigenvalue weighted by Crippen LogP contribution is -2.38. The molecule has 1 fully saturated rings. The Labute approximate surface area is 125 Å². The van der Waals surface area contributed by atoms with Gasteiger partial charge in [0.25, 0.3) is 0 Å². The molecule has 1 aliphatic carbocycles. The van der Waals surface area contributed by atoms with Crippen LogP contribution < -0.4 is 5.32 Å². The van der Waals surface area contributed by atoms with Gasteiger partial charge in [-0.3, -0.25) is 14.4 Å². The van der Waals surface area contributed by atoms with Crippen molar-refractivity contribution >= 4 is 17.8 Å². The van der Waals surface area contributed by atoms with Crippen molar-refractivity contribution < 1.29 is 19.5 Å². The number of carbonyl (C=O) groups is 3. The summed E-state index contributed by atoms with van der Waals surface area (Å²) in [7, 11) is 0. The third kappa shape index (κ3) is 6.60. The maximum atomic E-state index is 12.2. The first-order valence-electron chi connectivity index (χ1n) is 7.74. The van der Waals surface area contributed by atoms with E-state index in [0.717, 1.165) is 19.3 Å². The predicted molar refractivity (Wildman–Crippen MR) is 78.7 cm³/mol. The molecule has 21 heavy (non-hydrogen) atoms. The minimum Gasteiger partial charge on any atom is -0.481 e. The van der Waals surface area contributed by atoms with Crippen molar-refractivity contribution in [2.75, 3.05) is 13.1 Å². The molecule has 1 atom stereocenters. The van der Waals surface area contributed by atoms with E-state index in [-0.39, 0.29) is 24.4 Å². The molecule has 1 saturated carbocycles. The summed E-state index contributed by atoms with van der Waals surface area (Å²) in [6, 6.07) is 0.202. The van der Waals surface area contributed by atoms with Crippen molar-refractivity contribution in [3.63, 3.8) is 0 Å². The van der Waals surface area contributed by atoms with Crippen LogP contribution in [0.15, 0.2) is 0 Å². The molecule has 0 saturated heterocycles. The van der Waals surface area contributed by atoms with Gasteiger partial charge < -0.3 is 15.3 Å². The molecule has 2 amide bonds. The number of aliphatic carboxylic acids is 1. The van der Waals surface area contributed by atoms with Crippen LogP contribution in [0, 0.1) is 5.92 Å². The summed E-state index contributed by atoms with van der Waals surface area (Å²) in [5, 5.41) is 11.7. The summed E-state index contributed by atoms with van der Waals surface area (Å²) in [5.74, 6) is -1.50. The molecular formula is C15H26N2O4. The first kappa shape index (κ1) is 17.5. The number of hydrogen-bond acceptors (Lipinski definition) is 3. The molecule has 0 aromatic heterocycles. The van der Waals surface area contributed by atoms with Gasteiger partial charge in [0.15, 0.2) is 0 Å². The van der Waals surface area contributed by atoms with Gasteiger partial charge in [0.05, 0.1) is 5.92 Å². The van der Waals surface area contributed by atoms with E-state index in [1.165, 1.54) is 0 Å². The Kier molecular flexibility index (Phi) is 7.19. The second kappa shape index (κ2) is 8.64. The van der Waals surface area contributed by atoms with Crippen molar-refractivity contribution in [1.29, 1.82) is 0 Å². The number of carboxylic acid groups (broad SMARTS) is 1. The van der Waals surface area contributed by atoms with Crippen LogP contribution in [0.4, 0.5) is 0 Å². The molecule has 0 aromatic rings. The number of amides is 2. The molecule has 0 heterocycles. The summed E-state index contributed by atoms with van der Waals surface area (Å²) >= 11 is 0. The van der Waals surface area contributed by atoms with Gasteiger partial charge in [-0.1, -0.05) is 13.8 Å². The van der Waals surface area contributed by atoms with Crippen LogP contribution in [0.1, 0.15) is 52.4 Å². The van der Waals surface area contributed by atoms with Crippen LogP contribution in [-0.2, 0) is 14.4 Å². The van der Waals surface area contributed by atoms with Crippen molar-refractivity contribution in [2.24, 2.45) is 5.92 Å². The molecule has 1 unspecified atom stereocenters. The van der Waals surface area contributed by atoms with E-state index in [4.69, 9.17) is 5.11 Å². The smallest absolute Gasteiger partial charge is 0.308 e. The number of carboxylic acids is 1. The molecule has 2 N–H and O–H groups in total. The molecule has 0 bridgehead atoms. The van der Waals surface area contributed by atoms with Gasteiger partial charge in [-0.2, -0.15) is 0 Å². The second-order valence-electron chi connectivity index (χ2n) is 5.72. The zero-order chi connectivity index (χ0) is 15.8. The highest BCUT2D eigenvalue weighted by Crippen LogP contribution is 2.28. The standard InChI is InChI=1S/C15H26N2O4/c1-3-9-16-13(18)5-4-6-14(19)17(12-7-8-12)10-11(2)15(20)21/h11-12H,3-10H2,1-2H3,(H,16,18)(H,20,21). The normalized spacial score (nSPS) is 15.3. The van der Waals surface area contributed by atoms with Crippen LogP contribution in [0.3, 0.4) is 0 Å². The van der Waals surface area contributed by atoms with E-state index < -0.39 is 11.9 Å². The Hall–Kier alpha value is -1.59. The molecular weight excluding hydrogens is 272 g/mol. The van der Waals surface area contributed by atoms with Gasteiger partial charge >= 0.3 is 5.97 Å². The molecule has 120 valence electrons. The zero-order valence-corrected chi connectivity index (χ0v) is 12.9.